The van der Waals surface area contributed by atoms with Crippen LogP contribution in [0.5, 0.6) is 5.75 Å². The first-order chi connectivity index (χ1) is 15.9. The largest absolute Gasteiger partial charge is 0.480 e. The van der Waals surface area contributed by atoms with Crippen LogP contribution in [0.4, 0.5) is 5.69 Å². The second-order valence-electron chi connectivity index (χ2n) is 10.9. The quantitative estimate of drug-likeness (QED) is 0.380. The van der Waals surface area contributed by atoms with Gasteiger partial charge in [0, 0.05) is 22.2 Å². The normalized spacial score (nSPS) is 17.2. The van der Waals surface area contributed by atoms with Crippen molar-refractivity contribution in [2.24, 2.45) is 10.8 Å². The minimum Gasteiger partial charge on any atom is -0.480 e. The van der Waals surface area contributed by atoms with Gasteiger partial charge in [-0.25, -0.2) is 9.59 Å². The van der Waals surface area contributed by atoms with Gasteiger partial charge in [0.15, 0.2) is 11.5 Å². The average Bonchev–Trinajstić information content (AvgIpc) is 3.04. The Morgan fingerprint density at radius 3 is 2.47 bits per heavy atom. The zero-order chi connectivity index (χ0) is 25.1. The Kier molecular flexibility index (Phi) is 7.96. The summed E-state index contributed by atoms with van der Waals surface area (Å²) in [5.41, 5.74) is 3.30. The molecule has 6 nitrogen and oxygen atoms in total. The number of esters is 1. The number of thiophene rings is 1. The van der Waals surface area contributed by atoms with E-state index in [-0.39, 0.29) is 16.6 Å². The van der Waals surface area contributed by atoms with Gasteiger partial charge in [0.2, 0.25) is 0 Å². The third kappa shape index (κ3) is 6.53. The predicted molar refractivity (Wildman–Crippen MR) is 137 cm³/mol. The Hall–Kier alpha value is -2.54. The van der Waals surface area contributed by atoms with Gasteiger partial charge in [-0.15, -0.1) is 11.3 Å². The van der Waals surface area contributed by atoms with Gasteiger partial charge in [-0.05, 0) is 61.1 Å². The molecule has 0 spiro atoms. The molecule has 1 aliphatic carbocycles. The van der Waals surface area contributed by atoms with Crippen LogP contribution in [0.3, 0.4) is 0 Å². The number of rotatable bonds is 9. The van der Waals surface area contributed by atoms with E-state index in [0.717, 1.165) is 34.5 Å². The Labute approximate surface area is 206 Å². The van der Waals surface area contributed by atoms with Gasteiger partial charge in [0.25, 0.3) is 0 Å². The van der Waals surface area contributed by atoms with Crippen molar-refractivity contribution in [2.45, 2.75) is 73.3 Å². The van der Waals surface area contributed by atoms with Gasteiger partial charge in [-0.1, -0.05) is 46.8 Å². The predicted octanol–water partition coefficient (Wildman–Crippen LogP) is 6.77. The zero-order valence-corrected chi connectivity index (χ0v) is 21.9. The molecule has 0 saturated heterocycles. The molecule has 1 aliphatic rings. The zero-order valence-electron chi connectivity index (χ0n) is 21.1. The molecule has 0 atom stereocenters. The smallest absolute Gasteiger partial charge is 0.352 e. The molecular weight excluding hydrogens is 450 g/mol. The van der Waals surface area contributed by atoms with Crippen molar-refractivity contribution in [3.05, 3.63) is 34.7 Å². The van der Waals surface area contributed by atoms with Crippen molar-refractivity contribution < 1.29 is 24.2 Å². The highest BCUT2D eigenvalue weighted by Crippen LogP contribution is 2.47. The fraction of sp³-hybridized carbons (Fsp3) is 0.556. The number of hydrogen-bond donors (Lipinski definition) is 2. The number of aliphatic carboxylic acids is 1. The minimum atomic E-state index is -1.09. The maximum Gasteiger partial charge on any atom is 0.352 e. The third-order valence-corrected chi connectivity index (χ3v) is 7.41. The molecule has 1 heterocycles. The summed E-state index contributed by atoms with van der Waals surface area (Å²) in [7, 11) is 0. The van der Waals surface area contributed by atoms with Crippen molar-refractivity contribution in [3.63, 3.8) is 0 Å². The van der Waals surface area contributed by atoms with Crippen LogP contribution in [0.2, 0.25) is 0 Å². The van der Waals surface area contributed by atoms with Crippen molar-refractivity contribution in [1.82, 2.24) is 0 Å². The lowest BCUT2D eigenvalue weighted by Crippen LogP contribution is -2.40. The van der Waals surface area contributed by atoms with Crippen molar-refractivity contribution in [3.8, 4) is 16.2 Å². The highest BCUT2D eigenvalue weighted by Gasteiger charge is 2.38. The van der Waals surface area contributed by atoms with Crippen LogP contribution in [0.25, 0.3) is 10.4 Å². The van der Waals surface area contributed by atoms with Gasteiger partial charge in [-0.2, -0.15) is 0 Å². The number of nitrogens with one attached hydrogen (secondary N) is 1. The number of hydrogen-bond acceptors (Lipinski definition) is 6. The molecule has 0 aliphatic heterocycles. The summed E-state index contributed by atoms with van der Waals surface area (Å²) in [4.78, 5) is 24.9. The molecule has 0 radical (unpaired) electrons. The van der Waals surface area contributed by atoms with E-state index in [1.165, 1.54) is 17.8 Å². The Bertz CT molecular complexity index is 1020. The molecule has 0 unspecified atom stereocenters. The number of benzene rings is 1. The Morgan fingerprint density at radius 1 is 1.18 bits per heavy atom. The molecule has 1 fully saturated rings. The average molecular weight is 488 g/mol. The molecule has 34 heavy (non-hydrogen) atoms. The lowest BCUT2D eigenvalue weighted by molar-refractivity contribution is -0.139. The molecule has 1 aromatic heterocycles. The van der Waals surface area contributed by atoms with Crippen LogP contribution in [0, 0.1) is 17.8 Å². The second kappa shape index (κ2) is 10.4. The lowest BCUT2D eigenvalue weighted by Gasteiger charge is -2.45. The minimum absolute atomic E-state index is 0.283. The summed E-state index contributed by atoms with van der Waals surface area (Å²) < 4.78 is 10.8. The fourth-order valence-corrected chi connectivity index (χ4v) is 6.55. The van der Waals surface area contributed by atoms with E-state index in [9.17, 15) is 9.59 Å². The summed E-state index contributed by atoms with van der Waals surface area (Å²) in [5, 5.41) is 12.8. The van der Waals surface area contributed by atoms with E-state index in [0.29, 0.717) is 23.9 Å². The molecule has 7 heteroatoms. The second-order valence-corrected chi connectivity index (χ2v) is 11.9. The van der Waals surface area contributed by atoms with E-state index < -0.39 is 18.5 Å². The van der Waals surface area contributed by atoms with Crippen LogP contribution >= 0.6 is 11.3 Å². The fourth-order valence-electron chi connectivity index (χ4n) is 5.41. The molecule has 3 rings (SSSR count). The first-order valence-corrected chi connectivity index (χ1v) is 12.7. The van der Waals surface area contributed by atoms with Crippen LogP contribution in [0.15, 0.2) is 24.3 Å². The van der Waals surface area contributed by atoms with Gasteiger partial charge >= 0.3 is 11.9 Å². The monoisotopic (exact) mass is 487 g/mol. The number of carboxylic acids is 1. The van der Waals surface area contributed by atoms with Gasteiger partial charge in [0.1, 0.15) is 5.75 Å². The van der Waals surface area contributed by atoms with Crippen LogP contribution in [-0.2, 0) is 9.53 Å². The Morgan fingerprint density at radius 2 is 1.85 bits per heavy atom. The van der Waals surface area contributed by atoms with Crippen LogP contribution in [0.1, 0.15) is 75.5 Å². The topological polar surface area (TPSA) is 84.9 Å². The summed E-state index contributed by atoms with van der Waals surface area (Å²) in [6.45, 7) is 12.9. The summed E-state index contributed by atoms with van der Waals surface area (Å²) >= 11 is 1.28. The molecule has 2 aromatic rings. The van der Waals surface area contributed by atoms with Gasteiger partial charge < -0.3 is 19.9 Å². The first-order valence-electron chi connectivity index (χ1n) is 11.9. The van der Waals surface area contributed by atoms with Crippen molar-refractivity contribution in [2.75, 3.05) is 18.5 Å². The maximum atomic E-state index is 12.7. The molecule has 1 aromatic carbocycles. The Balaban J connectivity index is 1.90. The van der Waals surface area contributed by atoms with E-state index in [1.807, 2.05) is 26.0 Å². The molecule has 0 bridgehead atoms. The molecule has 2 N–H and O–H groups in total. The van der Waals surface area contributed by atoms with Gasteiger partial charge in [-0.3, -0.25) is 0 Å². The highest BCUT2D eigenvalue weighted by atomic mass is 32.1. The summed E-state index contributed by atoms with van der Waals surface area (Å²) in [5.74, 6) is -1.29. The number of anilines is 1. The number of carbonyl (C=O) groups excluding carboxylic acids is 1. The van der Waals surface area contributed by atoms with Crippen LogP contribution in [-0.4, -0.2) is 36.3 Å². The SMILES string of the molecule is CCCOC(=O)c1sc(-c2cccc(NC3CC(C)(C)CC(C)(C)C3)c2)c(C)c1OCC(=O)O. The number of carbonyl (C=O) groups is 2. The molecule has 1 saturated carbocycles. The lowest BCUT2D eigenvalue weighted by atomic mass is 9.63. The number of ether oxygens (including phenoxy) is 2. The van der Waals surface area contributed by atoms with E-state index >= 15 is 0 Å². The van der Waals surface area contributed by atoms with E-state index in [2.05, 4.69) is 45.1 Å². The van der Waals surface area contributed by atoms with Crippen molar-refractivity contribution >= 4 is 29.0 Å². The van der Waals surface area contributed by atoms with Gasteiger partial charge in [0.05, 0.1) is 6.61 Å². The standard InChI is InChI=1S/C27H37NO5S/c1-7-11-32-25(31)24-22(33-15-21(29)30)17(2)23(34-24)18-9-8-10-19(12-18)28-20-13-26(3,4)16-27(5,6)14-20/h8-10,12,20,28H,7,11,13-16H2,1-6H3,(H,29,30). The molecule has 0 amide bonds. The van der Waals surface area contributed by atoms with E-state index in [4.69, 9.17) is 14.6 Å². The molecule has 186 valence electrons. The third-order valence-electron chi connectivity index (χ3n) is 6.10. The number of carboxylic acid groups (broad SMARTS) is 1. The van der Waals surface area contributed by atoms with Crippen molar-refractivity contribution in [1.29, 1.82) is 0 Å². The maximum absolute atomic E-state index is 12.7. The van der Waals surface area contributed by atoms with Crippen LogP contribution < -0.4 is 10.1 Å². The highest BCUT2D eigenvalue weighted by molar-refractivity contribution is 7.18. The summed E-state index contributed by atoms with van der Waals surface area (Å²) in [6, 6.07) is 8.55. The first kappa shape index (κ1) is 26.1. The van der Waals surface area contributed by atoms with E-state index in [1.54, 1.807) is 0 Å². The molecular formula is C27H37NO5S. The summed E-state index contributed by atoms with van der Waals surface area (Å²) in [6.07, 6.45) is 4.14.